The Kier molecular flexibility index (Phi) is 2.32. The molecule has 2 N–H and O–H groups in total. The van der Waals surface area contributed by atoms with Gasteiger partial charge in [-0.15, -0.1) is 0 Å². The van der Waals surface area contributed by atoms with E-state index in [2.05, 4.69) is 5.32 Å². The average Bonchev–Trinajstić information content (AvgIpc) is 2.99. The SMILES string of the molecule is O=[N+]([O-])c1ccccc1NC1(CO)CC1. The van der Waals surface area contributed by atoms with Gasteiger partial charge in [0, 0.05) is 6.07 Å². The number of aliphatic hydroxyl groups excluding tert-OH is 1. The van der Waals surface area contributed by atoms with E-state index in [0.29, 0.717) is 5.69 Å². The largest absolute Gasteiger partial charge is 0.394 e. The lowest BCUT2D eigenvalue weighted by Crippen LogP contribution is -2.25. The molecule has 1 aromatic carbocycles. The lowest BCUT2D eigenvalue weighted by atomic mass is 10.2. The van der Waals surface area contributed by atoms with E-state index in [1.54, 1.807) is 18.2 Å². The average molecular weight is 208 g/mol. The predicted molar refractivity (Wildman–Crippen MR) is 55.8 cm³/mol. The van der Waals surface area contributed by atoms with Crippen LogP contribution in [-0.2, 0) is 0 Å². The molecule has 5 heteroatoms. The molecule has 0 atom stereocenters. The van der Waals surface area contributed by atoms with Crippen LogP contribution in [0.3, 0.4) is 0 Å². The van der Waals surface area contributed by atoms with Crippen LogP contribution in [0.1, 0.15) is 12.8 Å². The van der Waals surface area contributed by atoms with Crippen molar-refractivity contribution in [2.75, 3.05) is 11.9 Å². The lowest BCUT2D eigenvalue weighted by molar-refractivity contribution is -0.384. The summed E-state index contributed by atoms with van der Waals surface area (Å²) in [6, 6.07) is 6.48. The summed E-state index contributed by atoms with van der Waals surface area (Å²) in [5.74, 6) is 0. The van der Waals surface area contributed by atoms with Crippen molar-refractivity contribution in [2.45, 2.75) is 18.4 Å². The van der Waals surface area contributed by atoms with Crippen LogP contribution in [0.2, 0.25) is 0 Å². The van der Waals surface area contributed by atoms with Gasteiger partial charge in [-0.3, -0.25) is 10.1 Å². The topological polar surface area (TPSA) is 75.4 Å². The van der Waals surface area contributed by atoms with Crippen molar-refractivity contribution in [3.8, 4) is 0 Å². The first-order valence-electron chi connectivity index (χ1n) is 4.79. The van der Waals surface area contributed by atoms with Gasteiger partial charge in [-0.25, -0.2) is 0 Å². The summed E-state index contributed by atoms with van der Waals surface area (Å²) >= 11 is 0. The smallest absolute Gasteiger partial charge is 0.292 e. The van der Waals surface area contributed by atoms with Crippen LogP contribution in [0.15, 0.2) is 24.3 Å². The van der Waals surface area contributed by atoms with Gasteiger partial charge in [-0.2, -0.15) is 0 Å². The van der Waals surface area contributed by atoms with Crippen LogP contribution in [0.4, 0.5) is 11.4 Å². The van der Waals surface area contributed by atoms with Crippen LogP contribution >= 0.6 is 0 Å². The Morgan fingerprint density at radius 2 is 2.13 bits per heavy atom. The summed E-state index contributed by atoms with van der Waals surface area (Å²) in [7, 11) is 0. The first kappa shape index (κ1) is 9.92. The van der Waals surface area contributed by atoms with Crippen LogP contribution in [0, 0.1) is 10.1 Å². The minimum Gasteiger partial charge on any atom is -0.394 e. The molecule has 1 aliphatic carbocycles. The first-order chi connectivity index (χ1) is 7.17. The van der Waals surface area contributed by atoms with E-state index >= 15 is 0 Å². The molecule has 1 aliphatic rings. The number of rotatable bonds is 4. The summed E-state index contributed by atoms with van der Waals surface area (Å²) in [4.78, 5) is 10.3. The van der Waals surface area contributed by atoms with E-state index < -0.39 is 4.92 Å². The van der Waals surface area contributed by atoms with Crippen molar-refractivity contribution < 1.29 is 10.0 Å². The monoisotopic (exact) mass is 208 g/mol. The number of hydrogen-bond acceptors (Lipinski definition) is 4. The Balaban J connectivity index is 2.24. The molecule has 1 saturated carbocycles. The lowest BCUT2D eigenvalue weighted by Gasteiger charge is -2.15. The van der Waals surface area contributed by atoms with E-state index in [0.717, 1.165) is 12.8 Å². The van der Waals surface area contributed by atoms with Gasteiger partial charge in [-0.1, -0.05) is 12.1 Å². The van der Waals surface area contributed by atoms with Gasteiger partial charge in [0.1, 0.15) is 5.69 Å². The second kappa shape index (κ2) is 3.51. The highest BCUT2D eigenvalue weighted by molar-refractivity contribution is 5.63. The number of nitro benzene ring substituents is 1. The third-order valence-corrected chi connectivity index (χ3v) is 2.66. The molecule has 0 aliphatic heterocycles. The van der Waals surface area contributed by atoms with Gasteiger partial charge < -0.3 is 10.4 Å². The van der Waals surface area contributed by atoms with Crippen molar-refractivity contribution in [3.63, 3.8) is 0 Å². The van der Waals surface area contributed by atoms with Gasteiger partial charge in [0.25, 0.3) is 5.69 Å². The van der Waals surface area contributed by atoms with Crippen molar-refractivity contribution in [1.29, 1.82) is 0 Å². The number of anilines is 1. The predicted octanol–water partition coefficient (Wildman–Crippen LogP) is 1.53. The Morgan fingerprint density at radius 1 is 1.47 bits per heavy atom. The number of aliphatic hydroxyl groups is 1. The Bertz CT molecular complexity index is 388. The molecule has 5 nitrogen and oxygen atoms in total. The number of nitrogens with one attached hydrogen (secondary N) is 1. The van der Waals surface area contributed by atoms with E-state index in [1.165, 1.54) is 6.07 Å². The van der Waals surface area contributed by atoms with E-state index in [1.807, 2.05) is 0 Å². The number of hydrogen-bond donors (Lipinski definition) is 2. The molecule has 80 valence electrons. The van der Waals surface area contributed by atoms with Crippen LogP contribution < -0.4 is 5.32 Å². The third-order valence-electron chi connectivity index (χ3n) is 2.66. The van der Waals surface area contributed by atoms with Crippen LogP contribution in [0.25, 0.3) is 0 Å². The van der Waals surface area contributed by atoms with Gasteiger partial charge in [0.05, 0.1) is 17.1 Å². The fourth-order valence-electron chi connectivity index (χ4n) is 1.50. The summed E-state index contributed by atoms with van der Waals surface area (Å²) in [5, 5.41) is 22.9. The number of para-hydroxylation sites is 2. The molecule has 0 bridgehead atoms. The molecule has 0 heterocycles. The molecule has 0 radical (unpaired) electrons. The van der Waals surface area contributed by atoms with E-state index in [9.17, 15) is 10.1 Å². The van der Waals surface area contributed by atoms with Gasteiger partial charge in [0.15, 0.2) is 0 Å². The van der Waals surface area contributed by atoms with E-state index in [-0.39, 0.29) is 17.8 Å². The van der Waals surface area contributed by atoms with Crippen LogP contribution in [0.5, 0.6) is 0 Å². The zero-order valence-corrected chi connectivity index (χ0v) is 8.14. The molecular weight excluding hydrogens is 196 g/mol. The number of nitrogens with zero attached hydrogens (tertiary/aromatic N) is 1. The first-order valence-corrected chi connectivity index (χ1v) is 4.79. The van der Waals surface area contributed by atoms with Crippen LogP contribution in [-0.4, -0.2) is 22.2 Å². The molecule has 2 rings (SSSR count). The standard InChI is InChI=1S/C10H12N2O3/c13-7-10(5-6-10)11-8-3-1-2-4-9(8)12(14)15/h1-4,11,13H,5-7H2. The summed E-state index contributed by atoms with van der Waals surface area (Å²) < 4.78 is 0. The molecule has 1 fully saturated rings. The highest BCUT2D eigenvalue weighted by atomic mass is 16.6. The highest BCUT2D eigenvalue weighted by Crippen LogP contribution is 2.40. The van der Waals surface area contributed by atoms with Gasteiger partial charge in [-0.05, 0) is 18.9 Å². The Labute approximate surface area is 86.9 Å². The molecule has 0 saturated heterocycles. The molecule has 0 amide bonds. The quantitative estimate of drug-likeness (QED) is 0.581. The summed E-state index contributed by atoms with van der Waals surface area (Å²) in [6.45, 7) is 0.0129. The third kappa shape index (κ3) is 1.92. The normalized spacial score (nSPS) is 17.1. The maximum atomic E-state index is 10.7. The molecule has 0 spiro atoms. The van der Waals surface area contributed by atoms with Gasteiger partial charge in [0.2, 0.25) is 0 Å². The Hall–Kier alpha value is -1.62. The van der Waals surface area contributed by atoms with Gasteiger partial charge >= 0.3 is 0 Å². The molecule has 1 aromatic rings. The number of benzene rings is 1. The Morgan fingerprint density at radius 3 is 2.67 bits per heavy atom. The zero-order chi connectivity index (χ0) is 10.9. The molecular formula is C10H12N2O3. The summed E-state index contributed by atoms with van der Waals surface area (Å²) in [5.41, 5.74) is 0.206. The summed E-state index contributed by atoms with van der Waals surface area (Å²) in [6.07, 6.45) is 1.71. The van der Waals surface area contributed by atoms with Crippen molar-refractivity contribution in [1.82, 2.24) is 0 Å². The number of nitro groups is 1. The second-order valence-electron chi connectivity index (χ2n) is 3.84. The fourth-order valence-corrected chi connectivity index (χ4v) is 1.50. The second-order valence-corrected chi connectivity index (χ2v) is 3.84. The maximum absolute atomic E-state index is 10.7. The molecule has 0 aromatic heterocycles. The molecule has 0 unspecified atom stereocenters. The van der Waals surface area contributed by atoms with E-state index in [4.69, 9.17) is 5.11 Å². The van der Waals surface area contributed by atoms with Crippen molar-refractivity contribution >= 4 is 11.4 Å². The van der Waals surface area contributed by atoms with Crippen molar-refractivity contribution in [3.05, 3.63) is 34.4 Å². The highest BCUT2D eigenvalue weighted by Gasteiger charge is 2.43. The minimum absolute atomic E-state index is 0.0129. The van der Waals surface area contributed by atoms with Crippen molar-refractivity contribution in [2.24, 2.45) is 0 Å². The minimum atomic E-state index is -0.421. The maximum Gasteiger partial charge on any atom is 0.292 e. The fraction of sp³-hybridized carbons (Fsp3) is 0.400. The zero-order valence-electron chi connectivity index (χ0n) is 8.14. The molecule has 15 heavy (non-hydrogen) atoms.